The van der Waals surface area contributed by atoms with Crippen LogP contribution in [0.4, 0.5) is 10.2 Å². The number of carbonyl (C=O) groups is 1. The van der Waals surface area contributed by atoms with Gasteiger partial charge in [0.1, 0.15) is 11.6 Å². The SMILES string of the molecule is O=C1CC[C@H](Nc2cc(CO)c(F)cn2)[C@@H](C2CCCO2)N1. The van der Waals surface area contributed by atoms with E-state index in [-0.39, 0.29) is 36.3 Å². The highest BCUT2D eigenvalue weighted by atomic mass is 19.1. The molecule has 6 nitrogen and oxygen atoms in total. The summed E-state index contributed by atoms with van der Waals surface area (Å²) in [6.45, 7) is 0.340. The number of nitrogens with zero attached hydrogens (tertiary/aromatic N) is 1. The van der Waals surface area contributed by atoms with Crippen molar-refractivity contribution in [1.82, 2.24) is 10.3 Å². The van der Waals surface area contributed by atoms with Gasteiger partial charge in [0.05, 0.1) is 31.0 Å². The maximum absolute atomic E-state index is 13.4. The normalized spacial score (nSPS) is 28.5. The number of hydrogen-bond donors (Lipinski definition) is 3. The first kappa shape index (κ1) is 15.2. The number of aliphatic hydroxyl groups is 1. The lowest BCUT2D eigenvalue weighted by molar-refractivity contribution is -0.124. The van der Waals surface area contributed by atoms with Crippen LogP contribution in [0, 0.1) is 5.82 Å². The number of halogens is 1. The van der Waals surface area contributed by atoms with Crippen molar-refractivity contribution < 1.29 is 19.0 Å². The van der Waals surface area contributed by atoms with Gasteiger partial charge in [0.15, 0.2) is 0 Å². The zero-order valence-electron chi connectivity index (χ0n) is 12.2. The van der Waals surface area contributed by atoms with Crippen molar-refractivity contribution in [1.29, 1.82) is 0 Å². The lowest BCUT2D eigenvalue weighted by Gasteiger charge is -2.36. The molecule has 0 radical (unpaired) electrons. The van der Waals surface area contributed by atoms with Crippen LogP contribution in [-0.2, 0) is 16.1 Å². The number of aliphatic hydroxyl groups excluding tert-OH is 1. The summed E-state index contributed by atoms with van der Waals surface area (Å²) >= 11 is 0. The van der Waals surface area contributed by atoms with E-state index in [1.165, 1.54) is 6.07 Å². The summed E-state index contributed by atoms with van der Waals surface area (Å²) in [6, 6.07) is 1.36. The lowest BCUT2D eigenvalue weighted by Crippen LogP contribution is -2.56. The predicted molar refractivity (Wildman–Crippen MR) is 77.7 cm³/mol. The van der Waals surface area contributed by atoms with Crippen molar-refractivity contribution in [2.24, 2.45) is 0 Å². The largest absolute Gasteiger partial charge is 0.392 e. The number of rotatable bonds is 4. The number of amides is 1. The minimum atomic E-state index is -0.527. The third-order valence-corrected chi connectivity index (χ3v) is 4.25. The fourth-order valence-electron chi connectivity index (χ4n) is 3.10. The Balaban J connectivity index is 1.75. The molecule has 3 atom stereocenters. The maximum Gasteiger partial charge on any atom is 0.220 e. The molecule has 0 bridgehead atoms. The number of ether oxygens (including phenoxy) is 1. The van der Waals surface area contributed by atoms with Crippen molar-refractivity contribution in [2.75, 3.05) is 11.9 Å². The number of carbonyl (C=O) groups excluding carboxylic acids is 1. The van der Waals surface area contributed by atoms with Crippen LogP contribution in [0.2, 0.25) is 0 Å². The molecule has 0 spiro atoms. The summed E-state index contributed by atoms with van der Waals surface area (Å²) in [6.07, 6.45) is 4.11. The van der Waals surface area contributed by atoms with Crippen molar-refractivity contribution >= 4 is 11.7 Å². The molecule has 1 aromatic rings. The van der Waals surface area contributed by atoms with Crippen LogP contribution < -0.4 is 10.6 Å². The van der Waals surface area contributed by atoms with Gasteiger partial charge in [0.2, 0.25) is 5.91 Å². The van der Waals surface area contributed by atoms with Gasteiger partial charge >= 0.3 is 0 Å². The first-order valence-electron chi connectivity index (χ1n) is 7.60. The highest BCUT2D eigenvalue weighted by Crippen LogP contribution is 2.25. The zero-order chi connectivity index (χ0) is 15.5. The molecule has 22 heavy (non-hydrogen) atoms. The molecular formula is C15H20FN3O3. The van der Waals surface area contributed by atoms with Crippen molar-refractivity contribution in [3.05, 3.63) is 23.6 Å². The summed E-state index contributed by atoms with van der Waals surface area (Å²) in [5.74, 6) is -0.00284. The third-order valence-electron chi connectivity index (χ3n) is 4.25. The Bertz CT molecular complexity index is 549. The molecule has 0 aliphatic carbocycles. The molecule has 3 N–H and O–H groups in total. The quantitative estimate of drug-likeness (QED) is 0.771. The van der Waals surface area contributed by atoms with E-state index >= 15 is 0 Å². The molecule has 0 saturated carbocycles. The fraction of sp³-hybridized carbons (Fsp3) is 0.600. The van der Waals surface area contributed by atoms with E-state index in [1.54, 1.807) is 0 Å². The molecular weight excluding hydrogens is 289 g/mol. The second kappa shape index (κ2) is 6.58. The summed E-state index contributed by atoms with van der Waals surface area (Å²) in [5.41, 5.74) is 0.200. The molecule has 2 saturated heterocycles. The van der Waals surface area contributed by atoms with Crippen LogP contribution in [0.1, 0.15) is 31.2 Å². The smallest absolute Gasteiger partial charge is 0.220 e. The third kappa shape index (κ3) is 3.20. The Kier molecular flexibility index (Phi) is 4.54. The van der Waals surface area contributed by atoms with Gasteiger partial charge in [-0.1, -0.05) is 0 Å². The van der Waals surface area contributed by atoms with Gasteiger partial charge in [-0.05, 0) is 25.3 Å². The summed E-state index contributed by atoms with van der Waals surface area (Å²) < 4.78 is 19.1. The van der Waals surface area contributed by atoms with E-state index in [2.05, 4.69) is 15.6 Å². The molecule has 0 aromatic carbocycles. The van der Waals surface area contributed by atoms with Crippen molar-refractivity contribution in [3.8, 4) is 0 Å². The summed E-state index contributed by atoms with van der Waals surface area (Å²) in [4.78, 5) is 15.7. The second-order valence-corrected chi connectivity index (χ2v) is 5.75. The molecule has 2 aliphatic rings. The Hall–Kier alpha value is -1.73. The highest BCUT2D eigenvalue weighted by molar-refractivity contribution is 5.77. The Morgan fingerprint density at radius 2 is 2.36 bits per heavy atom. The van der Waals surface area contributed by atoms with Gasteiger partial charge < -0.3 is 20.5 Å². The molecule has 7 heteroatoms. The van der Waals surface area contributed by atoms with E-state index in [0.717, 1.165) is 19.0 Å². The van der Waals surface area contributed by atoms with Crippen molar-refractivity contribution in [2.45, 2.75) is 50.5 Å². The van der Waals surface area contributed by atoms with Gasteiger partial charge in [0.25, 0.3) is 0 Å². The second-order valence-electron chi connectivity index (χ2n) is 5.75. The van der Waals surface area contributed by atoms with Crippen LogP contribution in [0.25, 0.3) is 0 Å². The average Bonchev–Trinajstić information content (AvgIpc) is 3.05. The van der Waals surface area contributed by atoms with Gasteiger partial charge in [-0.2, -0.15) is 0 Å². The van der Waals surface area contributed by atoms with Crippen LogP contribution in [0.5, 0.6) is 0 Å². The predicted octanol–water partition coefficient (Wildman–Crippen LogP) is 0.951. The molecule has 2 fully saturated rings. The average molecular weight is 309 g/mol. The topological polar surface area (TPSA) is 83.5 Å². The molecule has 3 heterocycles. The zero-order valence-corrected chi connectivity index (χ0v) is 12.2. The standard InChI is InChI=1S/C15H20FN3O3/c16-10-7-17-13(6-9(10)8-20)18-11-3-4-14(21)19-15(11)12-2-1-5-22-12/h6-7,11-12,15,20H,1-5,8H2,(H,17,18)(H,19,21)/t11-,12?,15-/m0/s1. The number of nitrogens with one attached hydrogen (secondary N) is 2. The first-order chi connectivity index (χ1) is 10.7. The highest BCUT2D eigenvalue weighted by Gasteiger charge is 2.37. The first-order valence-corrected chi connectivity index (χ1v) is 7.60. The van der Waals surface area contributed by atoms with Crippen LogP contribution >= 0.6 is 0 Å². The number of pyridine rings is 1. The summed E-state index contributed by atoms with van der Waals surface area (Å²) in [7, 11) is 0. The molecule has 3 rings (SSSR count). The van der Waals surface area contributed by atoms with Gasteiger partial charge in [-0.3, -0.25) is 4.79 Å². The van der Waals surface area contributed by atoms with E-state index in [1.807, 2.05) is 0 Å². The molecule has 1 aromatic heterocycles. The van der Waals surface area contributed by atoms with Crippen LogP contribution in [0.15, 0.2) is 12.3 Å². The van der Waals surface area contributed by atoms with Crippen molar-refractivity contribution in [3.63, 3.8) is 0 Å². The minimum Gasteiger partial charge on any atom is -0.392 e. The van der Waals surface area contributed by atoms with E-state index < -0.39 is 5.82 Å². The Morgan fingerprint density at radius 1 is 1.50 bits per heavy atom. The van der Waals surface area contributed by atoms with Gasteiger partial charge in [-0.25, -0.2) is 9.37 Å². The maximum atomic E-state index is 13.4. The Morgan fingerprint density at radius 3 is 3.09 bits per heavy atom. The van der Waals surface area contributed by atoms with E-state index in [4.69, 9.17) is 9.84 Å². The lowest BCUT2D eigenvalue weighted by atomic mass is 9.92. The van der Waals surface area contributed by atoms with Gasteiger partial charge in [0, 0.05) is 18.6 Å². The minimum absolute atomic E-state index is 0.000453. The van der Waals surface area contributed by atoms with Gasteiger partial charge in [-0.15, -0.1) is 0 Å². The fourth-order valence-corrected chi connectivity index (χ4v) is 3.10. The summed E-state index contributed by atoms with van der Waals surface area (Å²) in [5, 5.41) is 15.4. The molecule has 1 amide bonds. The molecule has 1 unspecified atom stereocenters. The number of anilines is 1. The number of piperidine rings is 1. The Labute approximate surface area is 128 Å². The van der Waals surface area contributed by atoms with Crippen LogP contribution in [0.3, 0.4) is 0 Å². The van der Waals surface area contributed by atoms with E-state index in [0.29, 0.717) is 25.3 Å². The van der Waals surface area contributed by atoms with Crippen LogP contribution in [-0.4, -0.2) is 40.8 Å². The number of aromatic nitrogens is 1. The van der Waals surface area contributed by atoms with E-state index in [9.17, 15) is 9.18 Å². The number of hydrogen-bond acceptors (Lipinski definition) is 5. The molecule has 2 aliphatic heterocycles. The molecule has 120 valence electrons. The monoisotopic (exact) mass is 309 g/mol.